The highest BCUT2D eigenvalue weighted by atomic mass is 32.2. The first-order valence-electron chi connectivity index (χ1n) is 7.64. The standard InChI is InChI=1S/C18H16FN3O2S/c1-12-9-15(22-24-12)11-25-18-16(3-2-8-20-18)17(23)21-10-13-4-6-14(19)7-5-13/h2-9H,10-11H2,1H3,(H,21,23). The first-order chi connectivity index (χ1) is 12.1. The van der Waals surface area contributed by atoms with E-state index >= 15 is 0 Å². The van der Waals surface area contributed by atoms with Gasteiger partial charge in [0.05, 0.1) is 11.3 Å². The second kappa shape index (κ2) is 7.94. The molecular weight excluding hydrogens is 341 g/mol. The Hall–Kier alpha value is -2.67. The molecule has 128 valence electrons. The minimum atomic E-state index is -0.302. The quantitative estimate of drug-likeness (QED) is 0.681. The van der Waals surface area contributed by atoms with Crippen molar-refractivity contribution in [2.24, 2.45) is 0 Å². The van der Waals surface area contributed by atoms with E-state index in [9.17, 15) is 9.18 Å². The molecular formula is C18H16FN3O2S. The first-order valence-corrected chi connectivity index (χ1v) is 8.63. The molecule has 1 amide bonds. The number of carbonyl (C=O) groups is 1. The van der Waals surface area contributed by atoms with Gasteiger partial charge in [-0.25, -0.2) is 9.37 Å². The summed E-state index contributed by atoms with van der Waals surface area (Å²) in [5, 5.41) is 7.39. The number of aromatic nitrogens is 2. The van der Waals surface area contributed by atoms with E-state index < -0.39 is 0 Å². The Kier molecular flexibility index (Phi) is 5.45. The number of carbonyl (C=O) groups excluding carboxylic acids is 1. The van der Waals surface area contributed by atoms with Crippen LogP contribution >= 0.6 is 11.8 Å². The van der Waals surface area contributed by atoms with Gasteiger partial charge in [0.15, 0.2) is 0 Å². The van der Waals surface area contributed by atoms with Gasteiger partial charge in [-0.2, -0.15) is 0 Å². The second-order valence-electron chi connectivity index (χ2n) is 5.38. The van der Waals surface area contributed by atoms with E-state index in [4.69, 9.17) is 4.52 Å². The molecule has 3 rings (SSSR count). The van der Waals surface area contributed by atoms with Crippen molar-refractivity contribution in [3.8, 4) is 0 Å². The molecule has 3 aromatic rings. The Labute approximate surface area is 148 Å². The molecule has 0 spiro atoms. The molecule has 0 aliphatic carbocycles. The SMILES string of the molecule is Cc1cc(CSc2ncccc2C(=O)NCc2ccc(F)cc2)no1. The Morgan fingerprint density at radius 1 is 1.28 bits per heavy atom. The lowest BCUT2D eigenvalue weighted by Gasteiger charge is -2.08. The van der Waals surface area contributed by atoms with E-state index in [1.54, 1.807) is 30.5 Å². The van der Waals surface area contributed by atoms with Crippen LogP contribution in [0.15, 0.2) is 58.2 Å². The summed E-state index contributed by atoms with van der Waals surface area (Å²) in [6.07, 6.45) is 1.65. The molecule has 0 radical (unpaired) electrons. The van der Waals surface area contributed by atoms with Crippen LogP contribution in [0.3, 0.4) is 0 Å². The maximum absolute atomic E-state index is 12.9. The van der Waals surface area contributed by atoms with E-state index in [0.717, 1.165) is 17.0 Å². The largest absolute Gasteiger partial charge is 0.361 e. The van der Waals surface area contributed by atoms with Gasteiger partial charge >= 0.3 is 0 Å². The third-order valence-corrected chi connectivity index (χ3v) is 4.45. The van der Waals surface area contributed by atoms with Crippen molar-refractivity contribution in [3.05, 3.63) is 77.1 Å². The van der Waals surface area contributed by atoms with Gasteiger partial charge in [-0.3, -0.25) is 4.79 Å². The predicted octanol–water partition coefficient (Wildman–Crippen LogP) is 3.74. The summed E-state index contributed by atoms with van der Waals surface area (Å²) < 4.78 is 18.0. The summed E-state index contributed by atoms with van der Waals surface area (Å²) in [5.74, 6) is 0.779. The van der Waals surface area contributed by atoms with Crippen LogP contribution in [0.25, 0.3) is 0 Å². The lowest BCUT2D eigenvalue weighted by Crippen LogP contribution is -2.23. The van der Waals surface area contributed by atoms with Crippen LogP contribution in [-0.4, -0.2) is 16.0 Å². The van der Waals surface area contributed by atoms with Gasteiger partial charge in [0, 0.05) is 24.6 Å². The summed E-state index contributed by atoms with van der Waals surface area (Å²) in [6, 6.07) is 11.3. The number of aryl methyl sites for hydroxylation is 1. The Morgan fingerprint density at radius 3 is 2.80 bits per heavy atom. The molecule has 0 aliphatic heterocycles. The van der Waals surface area contributed by atoms with Gasteiger partial charge in [0.1, 0.15) is 16.6 Å². The fraction of sp³-hybridized carbons (Fsp3) is 0.167. The maximum atomic E-state index is 12.9. The highest BCUT2D eigenvalue weighted by Crippen LogP contribution is 2.24. The molecule has 0 saturated heterocycles. The van der Waals surface area contributed by atoms with Gasteiger partial charge in [-0.05, 0) is 36.8 Å². The van der Waals surface area contributed by atoms with E-state index in [-0.39, 0.29) is 11.7 Å². The number of hydrogen-bond acceptors (Lipinski definition) is 5. The van der Waals surface area contributed by atoms with Gasteiger partial charge in [0.25, 0.3) is 5.91 Å². The topological polar surface area (TPSA) is 68.0 Å². The van der Waals surface area contributed by atoms with Crippen molar-refractivity contribution in [2.75, 3.05) is 0 Å². The minimum Gasteiger partial charge on any atom is -0.361 e. The molecule has 0 atom stereocenters. The second-order valence-corrected chi connectivity index (χ2v) is 6.35. The van der Waals surface area contributed by atoms with Crippen LogP contribution in [0.1, 0.15) is 27.4 Å². The smallest absolute Gasteiger partial charge is 0.254 e. The summed E-state index contributed by atoms with van der Waals surface area (Å²) >= 11 is 1.42. The summed E-state index contributed by atoms with van der Waals surface area (Å²) in [4.78, 5) is 16.7. The predicted molar refractivity (Wildman–Crippen MR) is 92.6 cm³/mol. The Morgan fingerprint density at radius 2 is 2.08 bits per heavy atom. The van der Waals surface area contributed by atoms with Crippen molar-refractivity contribution in [2.45, 2.75) is 24.2 Å². The van der Waals surface area contributed by atoms with E-state index in [1.807, 2.05) is 13.0 Å². The van der Waals surface area contributed by atoms with Crippen molar-refractivity contribution < 1.29 is 13.7 Å². The molecule has 0 fully saturated rings. The van der Waals surface area contributed by atoms with Gasteiger partial charge in [-0.15, -0.1) is 0 Å². The van der Waals surface area contributed by atoms with Crippen LogP contribution in [0.5, 0.6) is 0 Å². The monoisotopic (exact) mass is 357 g/mol. The van der Waals surface area contributed by atoms with Crippen LogP contribution in [0.2, 0.25) is 0 Å². The van der Waals surface area contributed by atoms with Gasteiger partial charge in [-0.1, -0.05) is 29.1 Å². The van der Waals surface area contributed by atoms with Crippen molar-refractivity contribution in [1.29, 1.82) is 0 Å². The van der Waals surface area contributed by atoms with Crippen molar-refractivity contribution >= 4 is 17.7 Å². The maximum Gasteiger partial charge on any atom is 0.254 e. The number of nitrogens with one attached hydrogen (secondary N) is 1. The molecule has 1 N–H and O–H groups in total. The van der Waals surface area contributed by atoms with E-state index in [1.165, 1.54) is 23.9 Å². The Balaban J connectivity index is 1.64. The van der Waals surface area contributed by atoms with Crippen molar-refractivity contribution in [3.63, 3.8) is 0 Å². The third kappa shape index (κ3) is 4.67. The molecule has 0 saturated carbocycles. The molecule has 2 heterocycles. The van der Waals surface area contributed by atoms with E-state index in [2.05, 4.69) is 15.5 Å². The average Bonchev–Trinajstić information content (AvgIpc) is 3.05. The highest BCUT2D eigenvalue weighted by Gasteiger charge is 2.13. The highest BCUT2D eigenvalue weighted by molar-refractivity contribution is 7.98. The number of amides is 1. The zero-order valence-electron chi connectivity index (χ0n) is 13.5. The van der Waals surface area contributed by atoms with Crippen LogP contribution in [0.4, 0.5) is 4.39 Å². The fourth-order valence-corrected chi connectivity index (χ4v) is 3.06. The number of hydrogen-bond donors (Lipinski definition) is 1. The zero-order valence-corrected chi connectivity index (χ0v) is 14.3. The summed E-state index contributed by atoms with van der Waals surface area (Å²) in [5.41, 5.74) is 2.12. The Bertz CT molecular complexity index is 865. The zero-order chi connectivity index (χ0) is 17.6. The van der Waals surface area contributed by atoms with Crippen LogP contribution in [-0.2, 0) is 12.3 Å². The molecule has 0 aliphatic rings. The molecule has 1 aromatic carbocycles. The lowest BCUT2D eigenvalue weighted by atomic mass is 10.2. The number of benzene rings is 1. The average molecular weight is 357 g/mol. The molecule has 25 heavy (non-hydrogen) atoms. The number of rotatable bonds is 6. The molecule has 7 heteroatoms. The molecule has 2 aromatic heterocycles. The number of thioether (sulfide) groups is 1. The summed E-state index contributed by atoms with van der Waals surface area (Å²) in [7, 11) is 0. The number of pyridine rings is 1. The van der Waals surface area contributed by atoms with Crippen LogP contribution in [0, 0.1) is 12.7 Å². The summed E-state index contributed by atoms with van der Waals surface area (Å²) in [6.45, 7) is 2.15. The molecule has 0 bridgehead atoms. The normalized spacial score (nSPS) is 10.6. The fourth-order valence-electron chi connectivity index (χ4n) is 2.19. The van der Waals surface area contributed by atoms with Crippen molar-refractivity contribution in [1.82, 2.24) is 15.5 Å². The minimum absolute atomic E-state index is 0.226. The molecule has 0 unspecified atom stereocenters. The van der Waals surface area contributed by atoms with Crippen LogP contribution < -0.4 is 5.32 Å². The van der Waals surface area contributed by atoms with E-state index in [0.29, 0.717) is 22.9 Å². The lowest BCUT2D eigenvalue weighted by molar-refractivity contribution is 0.0947. The third-order valence-electron chi connectivity index (χ3n) is 3.42. The molecule has 5 nitrogen and oxygen atoms in total. The first kappa shape index (κ1) is 17.2. The number of nitrogens with zero attached hydrogens (tertiary/aromatic N) is 2. The van der Waals surface area contributed by atoms with Gasteiger partial charge < -0.3 is 9.84 Å². The number of halogens is 1. The van der Waals surface area contributed by atoms with Gasteiger partial charge in [0.2, 0.25) is 0 Å².